The van der Waals surface area contributed by atoms with Gasteiger partial charge in [-0.25, -0.2) is 0 Å². The van der Waals surface area contributed by atoms with E-state index in [4.69, 9.17) is 11.6 Å². The second-order valence-corrected chi connectivity index (χ2v) is 5.75. The molecular weight excluding hydrogens is 300 g/mol. The lowest BCUT2D eigenvalue weighted by atomic mass is 10.2. The third kappa shape index (κ3) is 3.95. The number of carbonyl (C=O) groups is 1. The topological polar surface area (TPSA) is 59.8 Å². The van der Waals surface area contributed by atoms with E-state index in [1.54, 1.807) is 24.5 Å². The van der Waals surface area contributed by atoms with Gasteiger partial charge in [0.2, 0.25) is 5.91 Å². The summed E-state index contributed by atoms with van der Waals surface area (Å²) in [4.78, 5) is 11.8. The van der Waals surface area contributed by atoms with Crippen LogP contribution in [0.4, 0.5) is 0 Å². The lowest BCUT2D eigenvalue weighted by Gasteiger charge is -2.04. The third-order valence-electron chi connectivity index (χ3n) is 3.53. The molecule has 0 saturated heterocycles. The molecule has 1 fully saturated rings. The van der Waals surface area contributed by atoms with Crippen molar-refractivity contribution in [2.24, 2.45) is 0 Å². The van der Waals surface area contributed by atoms with E-state index in [1.807, 2.05) is 12.1 Å². The Hall–Kier alpha value is -2.14. The first-order valence-corrected chi connectivity index (χ1v) is 7.70. The van der Waals surface area contributed by atoms with Crippen LogP contribution < -0.4 is 5.32 Å². The zero-order chi connectivity index (χ0) is 15.4. The smallest absolute Gasteiger partial charge is 0.244 e. The Morgan fingerprint density at radius 2 is 2.14 bits per heavy atom. The molecule has 3 rings (SSSR count). The van der Waals surface area contributed by atoms with Crippen molar-refractivity contribution in [2.75, 3.05) is 6.54 Å². The van der Waals surface area contributed by atoms with Crippen molar-refractivity contribution >= 4 is 23.6 Å². The molecule has 1 aliphatic rings. The van der Waals surface area contributed by atoms with Gasteiger partial charge in [0.15, 0.2) is 0 Å². The first-order chi connectivity index (χ1) is 10.7. The second-order valence-electron chi connectivity index (χ2n) is 5.31. The van der Waals surface area contributed by atoms with Crippen molar-refractivity contribution in [2.45, 2.75) is 25.3 Å². The van der Waals surface area contributed by atoms with Crippen LogP contribution in [-0.4, -0.2) is 27.2 Å². The van der Waals surface area contributed by atoms with Gasteiger partial charge in [0.05, 0.1) is 0 Å². The first kappa shape index (κ1) is 14.8. The van der Waals surface area contributed by atoms with Crippen LogP contribution in [0.5, 0.6) is 0 Å². The Labute approximate surface area is 134 Å². The summed E-state index contributed by atoms with van der Waals surface area (Å²) in [5, 5.41) is 11.6. The summed E-state index contributed by atoms with van der Waals surface area (Å²) in [5.41, 5.74) is 0.938. The van der Waals surface area contributed by atoms with Gasteiger partial charge < -0.3 is 9.88 Å². The van der Waals surface area contributed by atoms with Crippen LogP contribution in [0.1, 0.15) is 30.3 Å². The fourth-order valence-electron chi connectivity index (χ4n) is 2.21. The van der Waals surface area contributed by atoms with Gasteiger partial charge in [0.25, 0.3) is 0 Å². The van der Waals surface area contributed by atoms with Crippen LogP contribution in [0.15, 0.2) is 36.7 Å². The normalized spacial score (nSPS) is 14.4. The third-order valence-corrected chi connectivity index (χ3v) is 3.78. The Bertz CT molecular complexity index is 674. The molecule has 114 valence electrons. The number of nitrogens with one attached hydrogen (secondary N) is 1. The van der Waals surface area contributed by atoms with E-state index in [0.29, 0.717) is 24.0 Å². The van der Waals surface area contributed by atoms with Crippen LogP contribution in [-0.2, 0) is 11.2 Å². The minimum Gasteiger partial charge on any atom is -0.352 e. The van der Waals surface area contributed by atoms with E-state index in [1.165, 1.54) is 18.9 Å². The number of halogens is 1. The van der Waals surface area contributed by atoms with Gasteiger partial charge in [-0.1, -0.05) is 23.7 Å². The Kier molecular flexibility index (Phi) is 4.53. The monoisotopic (exact) mass is 316 g/mol. The lowest BCUT2D eigenvalue weighted by Crippen LogP contribution is -2.24. The SMILES string of the molecule is O=C(/C=C/c1ccc(Cl)cc1)NCCc1nncn1C1CC1. The maximum absolute atomic E-state index is 11.8. The summed E-state index contributed by atoms with van der Waals surface area (Å²) in [6, 6.07) is 7.88. The van der Waals surface area contributed by atoms with Gasteiger partial charge >= 0.3 is 0 Å². The van der Waals surface area contributed by atoms with Gasteiger partial charge in [-0.2, -0.15) is 0 Å². The summed E-state index contributed by atoms with van der Waals surface area (Å²) in [7, 11) is 0. The van der Waals surface area contributed by atoms with E-state index >= 15 is 0 Å². The minimum atomic E-state index is -0.118. The molecule has 1 aromatic heterocycles. The van der Waals surface area contributed by atoms with Gasteiger partial charge in [-0.05, 0) is 36.6 Å². The molecule has 6 heteroatoms. The highest BCUT2D eigenvalue weighted by atomic mass is 35.5. The highest BCUT2D eigenvalue weighted by Crippen LogP contribution is 2.35. The molecule has 5 nitrogen and oxygen atoms in total. The van der Waals surface area contributed by atoms with E-state index < -0.39 is 0 Å². The van der Waals surface area contributed by atoms with Crippen LogP contribution in [0.25, 0.3) is 6.08 Å². The predicted molar refractivity (Wildman–Crippen MR) is 85.5 cm³/mol. The van der Waals surface area contributed by atoms with Crippen LogP contribution in [0.3, 0.4) is 0 Å². The minimum absolute atomic E-state index is 0.118. The van der Waals surface area contributed by atoms with Gasteiger partial charge in [-0.3, -0.25) is 4.79 Å². The largest absolute Gasteiger partial charge is 0.352 e. The van der Waals surface area contributed by atoms with Crippen molar-refractivity contribution in [3.63, 3.8) is 0 Å². The molecule has 1 aromatic carbocycles. The number of carbonyl (C=O) groups excluding carboxylic acids is 1. The molecule has 22 heavy (non-hydrogen) atoms. The Balaban J connectivity index is 1.46. The lowest BCUT2D eigenvalue weighted by molar-refractivity contribution is -0.116. The average molecular weight is 317 g/mol. The number of hydrogen-bond acceptors (Lipinski definition) is 3. The molecular formula is C16H17ClN4O. The molecule has 1 saturated carbocycles. The molecule has 0 radical (unpaired) electrons. The quantitative estimate of drug-likeness (QED) is 0.833. The van der Waals surface area contributed by atoms with E-state index in [0.717, 1.165) is 11.4 Å². The second kappa shape index (κ2) is 6.75. The van der Waals surface area contributed by atoms with Gasteiger partial charge in [0, 0.05) is 30.1 Å². The van der Waals surface area contributed by atoms with Crippen LogP contribution >= 0.6 is 11.6 Å². The van der Waals surface area contributed by atoms with Crippen molar-refractivity contribution in [3.05, 3.63) is 53.1 Å². The maximum Gasteiger partial charge on any atom is 0.244 e. The fraction of sp³-hybridized carbons (Fsp3) is 0.312. The van der Waals surface area contributed by atoms with E-state index in [2.05, 4.69) is 20.1 Å². The molecule has 0 atom stereocenters. The number of benzene rings is 1. The van der Waals surface area contributed by atoms with Gasteiger partial charge in [0.1, 0.15) is 12.2 Å². The molecule has 1 aliphatic carbocycles. The van der Waals surface area contributed by atoms with Crippen LogP contribution in [0, 0.1) is 0 Å². The summed E-state index contributed by atoms with van der Waals surface area (Å²) in [6.45, 7) is 0.551. The zero-order valence-electron chi connectivity index (χ0n) is 12.1. The molecule has 2 aromatic rings. The highest BCUT2D eigenvalue weighted by molar-refractivity contribution is 6.30. The zero-order valence-corrected chi connectivity index (χ0v) is 12.8. The number of hydrogen-bond donors (Lipinski definition) is 1. The summed E-state index contributed by atoms with van der Waals surface area (Å²) in [6.07, 6.45) is 8.14. The molecule has 0 spiro atoms. The number of rotatable bonds is 6. The van der Waals surface area contributed by atoms with Crippen molar-refractivity contribution in [1.82, 2.24) is 20.1 Å². The standard InChI is InChI=1S/C16H17ClN4O/c17-13-4-1-12(2-5-13)3-8-16(22)18-10-9-15-20-19-11-21(15)14-6-7-14/h1-5,8,11,14H,6-7,9-10H2,(H,18,22)/b8-3+. The summed E-state index contributed by atoms with van der Waals surface area (Å²) < 4.78 is 2.11. The summed E-state index contributed by atoms with van der Waals surface area (Å²) in [5.74, 6) is 0.817. The molecule has 0 aliphatic heterocycles. The molecule has 1 heterocycles. The maximum atomic E-state index is 11.8. The Morgan fingerprint density at radius 1 is 1.36 bits per heavy atom. The summed E-state index contributed by atoms with van der Waals surface area (Å²) >= 11 is 5.81. The van der Waals surface area contributed by atoms with Crippen molar-refractivity contribution in [3.8, 4) is 0 Å². The van der Waals surface area contributed by atoms with E-state index in [-0.39, 0.29) is 5.91 Å². The van der Waals surface area contributed by atoms with Crippen molar-refractivity contribution in [1.29, 1.82) is 0 Å². The molecule has 1 amide bonds. The first-order valence-electron chi connectivity index (χ1n) is 7.32. The van der Waals surface area contributed by atoms with Gasteiger partial charge in [-0.15, -0.1) is 10.2 Å². The predicted octanol–water partition coefficient (Wildman–Crippen LogP) is 2.64. The highest BCUT2D eigenvalue weighted by Gasteiger charge is 2.25. The number of aromatic nitrogens is 3. The average Bonchev–Trinajstić information content (AvgIpc) is 3.26. The fourth-order valence-corrected chi connectivity index (χ4v) is 2.33. The number of nitrogens with zero attached hydrogens (tertiary/aromatic N) is 3. The number of amides is 1. The molecule has 1 N–H and O–H groups in total. The molecule has 0 bridgehead atoms. The molecule has 0 unspecified atom stereocenters. The Morgan fingerprint density at radius 3 is 2.86 bits per heavy atom. The van der Waals surface area contributed by atoms with Crippen LogP contribution in [0.2, 0.25) is 5.02 Å². The van der Waals surface area contributed by atoms with E-state index in [9.17, 15) is 4.79 Å². The van der Waals surface area contributed by atoms with Crippen molar-refractivity contribution < 1.29 is 4.79 Å².